The van der Waals surface area contributed by atoms with Crippen LogP contribution >= 0.6 is 0 Å². The standard InChI is InChI=1S/C6H13NO2/c1-4-7-5(2)6(8)9-3/h5,7H,4H2,1-3H3/t5-/m0/s1. The summed E-state index contributed by atoms with van der Waals surface area (Å²) < 4.78 is 4.46. The van der Waals surface area contributed by atoms with E-state index in [1.54, 1.807) is 6.92 Å². The summed E-state index contributed by atoms with van der Waals surface area (Å²) in [4.78, 5) is 10.6. The predicted octanol–water partition coefficient (Wildman–Crippen LogP) is 0.157. The molecule has 1 atom stereocenters. The first-order chi connectivity index (χ1) is 4.22. The molecule has 0 saturated heterocycles. The van der Waals surface area contributed by atoms with Crippen molar-refractivity contribution in [2.24, 2.45) is 0 Å². The molecular formula is C6H13NO2. The summed E-state index contributed by atoms with van der Waals surface area (Å²) >= 11 is 0. The molecule has 0 fully saturated rings. The normalized spacial score (nSPS) is 12.8. The van der Waals surface area contributed by atoms with Gasteiger partial charge >= 0.3 is 5.97 Å². The van der Waals surface area contributed by atoms with Crippen LogP contribution in [0.25, 0.3) is 0 Å². The highest BCUT2D eigenvalue weighted by atomic mass is 16.5. The molecule has 0 aliphatic heterocycles. The molecule has 0 spiro atoms. The molecule has 0 heterocycles. The number of nitrogens with one attached hydrogen (secondary N) is 1. The smallest absolute Gasteiger partial charge is 0.322 e. The molecule has 0 aromatic rings. The van der Waals surface area contributed by atoms with E-state index in [0.29, 0.717) is 0 Å². The van der Waals surface area contributed by atoms with Crippen molar-refractivity contribution >= 4 is 5.97 Å². The Labute approximate surface area is 55.4 Å². The van der Waals surface area contributed by atoms with Crippen LogP contribution < -0.4 is 5.32 Å². The zero-order chi connectivity index (χ0) is 7.28. The van der Waals surface area contributed by atoms with Gasteiger partial charge in [0.05, 0.1) is 7.11 Å². The Morgan fingerprint density at radius 1 is 1.78 bits per heavy atom. The number of carbonyl (C=O) groups is 1. The third kappa shape index (κ3) is 3.08. The molecule has 54 valence electrons. The lowest BCUT2D eigenvalue weighted by atomic mass is 10.3. The minimum atomic E-state index is -0.211. The topological polar surface area (TPSA) is 38.3 Å². The van der Waals surface area contributed by atoms with Gasteiger partial charge in [-0.1, -0.05) is 6.92 Å². The minimum Gasteiger partial charge on any atom is -0.468 e. The zero-order valence-corrected chi connectivity index (χ0v) is 6.10. The van der Waals surface area contributed by atoms with Crippen molar-refractivity contribution in [2.75, 3.05) is 13.7 Å². The molecule has 0 aliphatic carbocycles. The van der Waals surface area contributed by atoms with E-state index in [1.807, 2.05) is 6.92 Å². The third-order valence-corrected chi connectivity index (χ3v) is 1.07. The van der Waals surface area contributed by atoms with Crippen molar-refractivity contribution in [3.8, 4) is 0 Å². The van der Waals surface area contributed by atoms with Crippen LogP contribution in [0.1, 0.15) is 13.8 Å². The number of methoxy groups -OCH3 is 1. The molecule has 0 unspecified atom stereocenters. The fourth-order valence-electron chi connectivity index (χ4n) is 0.566. The molecule has 9 heavy (non-hydrogen) atoms. The highest BCUT2D eigenvalue weighted by molar-refractivity contribution is 5.74. The van der Waals surface area contributed by atoms with Crippen LogP contribution in [-0.4, -0.2) is 25.7 Å². The zero-order valence-electron chi connectivity index (χ0n) is 6.10. The van der Waals surface area contributed by atoms with E-state index < -0.39 is 0 Å². The van der Waals surface area contributed by atoms with Crippen LogP contribution in [0.2, 0.25) is 0 Å². The number of hydrogen-bond donors (Lipinski definition) is 1. The van der Waals surface area contributed by atoms with Crippen LogP contribution in [0.4, 0.5) is 0 Å². The van der Waals surface area contributed by atoms with Crippen molar-refractivity contribution in [3.05, 3.63) is 0 Å². The molecular weight excluding hydrogens is 118 g/mol. The number of hydrogen-bond acceptors (Lipinski definition) is 3. The Morgan fingerprint density at radius 3 is 2.67 bits per heavy atom. The predicted molar refractivity (Wildman–Crippen MR) is 35.2 cm³/mol. The van der Waals surface area contributed by atoms with Crippen molar-refractivity contribution in [3.63, 3.8) is 0 Å². The van der Waals surface area contributed by atoms with Crippen molar-refractivity contribution in [2.45, 2.75) is 19.9 Å². The van der Waals surface area contributed by atoms with E-state index in [2.05, 4.69) is 10.1 Å². The molecule has 0 aliphatic rings. The quantitative estimate of drug-likeness (QED) is 0.554. The van der Waals surface area contributed by atoms with E-state index in [4.69, 9.17) is 0 Å². The minimum absolute atomic E-state index is 0.181. The lowest BCUT2D eigenvalue weighted by molar-refractivity contribution is -0.142. The maximum absolute atomic E-state index is 10.6. The van der Waals surface area contributed by atoms with Gasteiger partial charge in [-0.3, -0.25) is 4.79 Å². The summed E-state index contributed by atoms with van der Waals surface area (Å²) in [5, 5.41) is 2.92. The number of likely N-dealkylation sites (N-methyl/N-ethyl adjacent to an activating group) is 1. The molecule has 0 radical (unpaired) electrons. The first-order valence-corrected chi connectivity index (χ1v) is 3.03. The second kappa shape index (κ2) is 4.32. The second-order valence-corrected chi connectivity index (χ2v) is 1.80. The van der Waals surface area contributed by atoms with Crippen LogP contribution in [0.3, 0.4) is 0 Å². The number of rotatable bonds is 3. The van der Waals surface area contributed by atoms with Gasteiger partial charge in [-0.25, -0.2) is 0 Å². The van der Waals surface area contributed by atoms with E-state index in [0.717, 1.165) is 6.54 Å². The Balaban J connectivity index is 3.45. The highest BCUT2D eigenvalue weighted by Gasteiger charge is 2.09. The average molecular weight is 131 g/mol. The maximum atomic E-state index is 10.6. The first kappa shape index (κ1) is 8.43. The maximum Gasteiger partial charge on any atom is 0.322 e. The molecule has 1 N–H and O–H groups in total. The lowest BCUT2D eigenvalue weighted by Gasteiger charge is -2.07. The van der Waals surface area contributed by atoms with Crippen LogP contribution in [0.5, 0.6) is 0 Å². The van der Waals surface area contributed by atoms with Gasteiger partial charge in [0.15, 0.2) is 0 Å². The molecule has 0 amide bonds. The van der Waals surface area contributed by atoms with Crippen molar-refractivity contribution in [1.29, 1.82) is 0 Å². The molecule has 0 bridgehead atoms. The lowest BCUT2D eigenvalue weighted by Crippen LogP contribution is -2.34. The SMILES string of the molecule is CCN[C@@H](C)C(=O)OC. The Morgan fingerprint density at radius 2 is 2.33 bits per heavy atom. The summed E-state index contributed by atoms with van der Waals surface area (Å²) in [5.41, 5.74) is 0. The van der Waals surface area contributed by atoms with Crippen LogP contribution in [0, 0.1) is 0 Å². The molecule has 3 heteroatoms. The Hall–Kier alpha value is -0.570. The van der Waals surface area contributed by atoms with Crippen molar-refractivity contribution in [1.82, 2.24) is 5.32 Å². The number of ether oxygens (including phenoxy) is 1. The van der Waals surface area contributed by atoms with Gasteiger partial charge in [0.1, 0.15) is 6.04 Å². The van der Waals surface area contributed by atoms with E-state index in [9.17, 15) is 4.79 Å². The van der Waals surface area contributed by atoms with E-state index in [-0.39, 0.29) is 12.0 Å². The van der Waals surface area contributed by atoms with Gasteiger partial charge in [-0.15, -0.1) is 0 Å². The fourth-order valence-corrected chi connectivity index (χ4v) is 0.566. The van der Waals surface area contributed by atoms with Crippen LogP contribution in [0.15, 0.2) is 0 Å². The van der Waals surface area contributed by atoms with Gasteiger partial charge in [-0.2, -0.15) is 0 Å². The summed E-state index contributed by atoms with van der Waals surface area (Å²) in [7, 11) is 1.39. The van der Waals surface area contributed by atoms with Gasteiger partial charge < -0.3 is 10.1 Å². The molecule has 3 nitrogen and oxygen atoms in total. The summed E-state index contributed by atoms with van der Waals surface area (Å²) in [6.07, 6.45) is 0. The van der Waals surface area contributed by atoms with Crippen LogP contribution in [-0.2, 0) is 9.53 Å². The molecule has 0 aromatic heterocycles. The Bertz CT molecular complexity index is 93.1. The third-order valence-electron chi connectivity index (χ3n) is 1.07. The van der Waals surface area contributed by atoms with Gasteiger partial charge in [0.25, 0.3) is 0 Å². The molecule has 0 saturated carbocycles. The summed E-state index contributed by atoms with van der Waals surface area (Å²) in [5.74, 6) is -0.211. The van der Waals surface area contributed by atoms with Crippen molar-refractivity contribution < 1.29 is 9.53 Å². The van der Waals surface area contributed by atoms with E-state index >= 15 is 0 Å². The largest absolute Gasteiger partial charge is 0.468 e. The highest BCUT2D eigenvalue weighted by Crippen LogP contribution is 1.83. The summed E-state index contributed by atoms with van der Waals surface area (Å²) in [6.45, 7) is 4.50. The number of carbonyl (C=O) groups excluding carboxylic acids is 1. The number of esters is 1. The monoisotopic (exact) mass is 131 g/mol. The molecule has 0 aromatic carbocycles. The van der Waals surface area contributed by atoms with Gasteiger partial charge in [0.2, 0.25) is 0 Å². The van der Waals surface area contributed by atoms with E-state index in [1.165, 1.54) is 7.11 Å². The fraction of sp³-hybridized carbons (Fsp3) is 0.833. The first-order valence-electron chi connectivity index (χ1n) is 3.03. The van der Waals surface area contributed by atoms with Gasteiger partial charge in [-0.05, 0) is 13.5 Å². The second-order valence-electron chi connectivity index (χ2n) is 1.80. The summed E-state index contributed by atoms with van der Waals surface area (Å²) in [6, 6.07) is -0.181. The molecule has 0 rings (SSSR count). The van der Waals surface area contributed by atoms with Gasteiger partial charge in [0, 0.05) is 0 Å². The average Bonchev–Trinajstić information content (AvgIpc) is 1.87. The Kier molecular flexibility index (Phi) is 4.05.